The standard InChI is InChI=1S/C21H19FINO/c22-18-7-6-17(21(23)14-18)15-24(19-8-10-20(25)11-9-19)13-12-16-4-2-1-3-5-16/h1-11,14,25H,12-13,15H2. The number of phenolic OH excluding ortho intramolecular Hbond substituents is 1. The molecule has 0 aliphatic carbocycles. The molecule has 128 valence electrons. The van der Waals surface area contributed by atoms with Gasteiger partial charge in [-0.3, -0.25) is 0 Å². The Morgan fingerprint density at radius 3 is 2.32 bits per heavy atom. The average Bonchev–Trinajstić information content (AvgIpc) is 2.62. The molecule has 1 N–H and O–H groups in total. The van der Waals surface area contributed by atoms with E-state index in [2.05, 4.69) is 39.6 Å². The van der Waals surface area contributed by atoms with E-state index in [9.17, 15) is 9.50 Å². The number of hydrogen-bond donors (Lipinski definition) is 1. The van der Waals surface area contributed by atoms with Crippen molar-refractivity contribution < 1.29 is 9.50 Å². The summed E-state index contributed by atoms with van der Waals surface area (Å²) in [6.07, 6.45) is 0.916. The topological polar surface area (TPSA) is 23.5 Å². The molecule has 0 fully saturated rings. The lowest BCUT2D eigenvalue weighted by molar-refractivity contribution is 0.475. The Balaban J connectivity index is 1.81. The predicted octanol–water partition coefficient (Wildman–Crippen LogP) is 5.39. The third-order valence-electron chi connectivity index (χ3n) is 4.10. The average molecular weight is 447 g/mol. The number of phenols is 1. The molecule has 0 radical (unpaired) electrons. The van der Waals surface area contributed by atoms with Crippen LogP contribution in [0.2, 0.25) is 0 Å². The molecule has 0 amide bonds. The van der Waals surface area contributed by atoms with Crippen LogP contribution in [0.5, 0.6) is 5.75 Å². The van der Waals surface area contributed by atoms with Gasteiger partial charge in [-0.25, -0.2) is 4.39 Å². The Hall–Kier alpha value is -2.08. The van der Waals surface area contributed by atoms with Gasteiger partial charge in [0.15, 0.2) is 0 Å². The fraction of sp³-hybridized carbons (Fsp3) is 0.143. The molecule has 2 nitrogen and oxygen atoms in total. The van der Waals surface area contributed by atoms with Crippen LogP contribution in [0.4, 0.5) is 10.1 Å². The Kier molecular flexibility index (Phi) is 5.91. The molecule has 3 aromatic rings. The predicted molar refractivity (Wildman–Crippen MR) is 108 cm³/mol. The molecule has 0 aromatic heterocycles. The zero-order chi connectivity index (χ0) is 17.6. The van der Waals surface area contributed by atoms with Gasteiger partial charge in [0.1, 0.15) is 11.6 Å². The van der Waals surface area contributed by atoms with Crippen LogP contribution in [-0.2, 0) is 13.0 Å². The van der Waals surface area contributed by atoms with Crippen molar-refractivity contribution in [2.45, 2.75) is 13.0 Å². The van der Waals surface area contributed by atoms with Crippen molar-refractivity contribution in [3.8, 4) is 5.75 Å². The van der Waals surface area contributed by atoms with Crippen molar-refractivity contribution >= 4 is 28.3 Å². The summed E-state index contributed by atoms with van der Waals surface area (Å²) in [4.78, 5) is 2.25. The van der Waals surface area contributed by atoms with Gasteiger partial charge in [0.05, 0.1) is 0 Å². The van der Waals surface area contributed by atoms with Gasteiger partial charge in [-0.15, -0.1) is 0 Å². The Morgan fingerprint density at radius 1 is 0.920 bits per heavy atom. The van der Waals surface area contributed by atoms with Gasteiger partial charge in [-0.2, -0.15) is 0 Å². The molecule has 3 aromatic carbocycles. The highest BCUT2D eigenvalue weighted by Crippen LogP contribution is 2.23. The molecule has 0 unspecified atom stereocenters. The molecule has 0 aliphatic rings. The summed E-state index contributed by atoms with van der Waals surface area (Å²) in [6, 6.07) is 22.5. The second-order valence-corrected chi connectivity index (χ2v) is 7.07. The van der Waals surface area contributed by atoms with Gasteiger partial charge in [0.2, 0.25) is 0 Å². The van der Waals surface area contributed by atoms with Crippen molar-refractivity contribution in [2.75, 3.05) is 11.4 Å². The summed E-state index contributed by atoms with van der Waals surface area (Å²) in [7, 11) is 0. The molecule has 0 heterocycles. The lowest BCUT2D eigenvalue weighted by Crippen LogP contribution is -2.25. The lowest BCUT2D eigenvalue weighted by atomic mass is 10.1. The highest BCUT2D eigenvalue weighted by molar-refractivity contribution is 14.1. The number of halogens is 2. The minimum absolute atomic E-state index is 0.214. The van der Waals surface area contributed by atoms with Crippen LogP contribution in [0.3, 0.4) is 0 Å². The molecule has 0 bridgehead atoms. The first-order chi connectivity index (χ1) is 12.1. The van der Waals surface area contributed by atoms with E-state index in [1.165, 1.54) is 11.6 Å². The molecule has 3 rings (SSSR count). The third-order valence-corrected chi connectivity index (χ3v) is 5.11. The first-order valence-corrected chi connectivity index (χ1v) is 9.21. The monoisotopic (exact) mass is 447 g/mol. The van der Waals surface area contributed by atoms with Crippen LogP contribution in [-0.4, -0.2) is 11.7 Å². The lowest BCUT2D eigenvalue weighted by Gasteiger charge is -2.26. The fourth-order valence-electron chi connectivity index (χ4n) is 2.73. The maximum atomic E-state index is 13.4. The van der Waals surface area contributed by atoms with Gasteiger partial charge >= 0.3 is 0 Å². The van der Waals surface area contributed by atoms with Crippen molar-refractivity contribution in [3.05, 3.63) is 93.3 Å². The largest absolute Gasteiger partial charge is 0.508 e. The second kappa shape index (κ2) is 8.34. The summed E-state index contributed by atoms with van der Waals surface area (Å²) in [5.74, 6) is 0.0386. The smallest absolute Gasteiger partial charge is 0.124 e. The van der Waals surface area contributed by atoms with Gasteiger partial charge in [-0.05, 0) is 76.5 Å². The van der Waals surface area contributed by atoms with Gasteiger partial charge in [0, 0.05) is 22.3 Å². The van der Waals surface area contributed by atoms with E-state index in [-0.39, 0.29) is 11.6 Å². The third kappa shape index (κ3) is 4.95. The number of nitrogens with zero attached hydrogens (tertiary/aromatic N) is 1. The zero-order valence-electron chi connectivity index (χ0n) is 13.7. The van der Waals surface area contributed by atoms with Crippen molar-refractivity contribution in [2.24, 2.45) is 0 Å². The van der Waals surface area contributed by atoms with E-state index in [1.807, 2.05) is 36.4 Å². The van der Waals surface area contributed by atoms with E-state index >= 15 is 0 Å². The molecule has 4 heteroatoms. The molecule has 0 saturated carbocycles. The zero-order valence-corrected chi connectivity index (χ0v) is 15.9. The van der Waals surface area contributed by atoms with Crippen LogP contribution in [0, 0.1) is 9.39 Å². The van der Waals surface area contributed by atoms with Crippen LogP contribution < -0.4 is 4.90 Å². The van der Waals surface area contributed by atoms with Crippen LogP contribution >= 0.6 is 22.6 Å². The van der Waals surface area contributed by atoms with Crippen molar-refractivity contribution in [1.82, 2.24) is 0 Å². The number of rotatable bonds is 6. The molecule has 0 aliphatic heterocycles. The van der Waals surface area contributed by atoms with Gasteiger partial charge in [0.25, 0.3) is 0 Å². The van der Waals surface area contributed by atoms with E-state index in [0.29, 0.717) is 6.54 Å². The Morgan fingerprint density at radius 2 is 1.64 bits per heavy atom. The summed E-state index contributed by atoms with van der Waals surface area (Å²) in [5.41, 5.74) is 3.40. The normalized spacial score (nSPS) is 10.6. The minimum Gasteiger partial charge on any atom is -0.508 e. The number of aromatic hydroxyl groups is 1. The van der Waals surface area contributed by atoms with Crippen LogP contribution in [0.1, 0.15) is 11.1 Å². The van der Waals surface area contributed by atoms with Crippen LogP contribution in [0.25, 0.3) is 0 Å². The molecule has 0 saturated heterocycles. The maximum Gasteiger partial charge on any atom is 0.124 e. The first kappa shape index (κ1) is 17.7. The number of benzene rings is 3. The molecule has 0 spiro atoms. The molecular formula is C21H19FINO. The first-order valence-electron chi connectivity index (χ1n) is 8.13. The minimum atomic E-state index is -0.214. The molecule has 0 atom stereocenters. The molecular weight excluding hydrogens is 428 g/mol. The fourth-order valence-corrected chi connectivity index (χ4v) is 3.38. The highest BCUT2D eigenvalue weighted by Gasteiger charge is 2.11. The Bertz CT molecular complexity index is 821. The maximum absolute atomic E-state index is 13.4. The van der Waals surface area contributed by atoms with Gasteiger partial charge in [-0.1, -0.05) is 36.4 Å². The second-order valence-electron chi connectivity index (χ2n) is 5.91. The highest BCUT2D eigenvalue weighted by atomic mass is 127. The van der Waals surface area contributed by atoms with E-state index in [0.717, 1.165) is 27.8 Å². The SMILES string of the molecule is Oc1ccc(N(CCc2ccccc2)Cc2ccc(F)cc2I)cc1. The van der Waals surface area contributed by atoms with E-state index < -0.39 is 0 Å². The number of hydrogen-bond acceptors (Lipinski definition) is 2. The Labute approximate surface area is 161 Å². The van der Waals surface area contributed by atoms with E-state index in [4.69, 9.17) is 0 Å². The summed E-state index contributed by atoms with van der Waals surface area (Å²) < 4.78 is 14.3. The van der Waals surface area contributed by atoms with Crippen molar-refractivity contribution in [3.63, 3.8) is 0 Å². The molecule has 25 heavy (non-hydrogen) atoms. The van der Waals surface area contributed by atoms with Gasteiger partial charge < -0.3 is 10.0 Å². The summed E-state index contributed by atoms with van der Waals surface area (Å²) >= 11 is 2.18. The van der Waals surface area contributed by atoms with E-state index in [1.54, 1.807) is 18.2 Å². The summed E-state index contributed by atoms with van der Waals surface area (Å²) in [6.45, 7) is 1.53. The quantitative estimate of drug-likeness (QED) is 0.513. The number of anilines is 1. The van der Waals surface area contributed by atoms with Crippen LogP contribution in [0.15, 0.2) is 72.8 Å². The van der Waals surface area contributed by atoms with Crippen molar-refractivity contribution in [1.29, 1.82) is 0 Å². The summed E-state index contributed by atoms with van der Waals surface area (Å²) in [5, 5.41) is 9.55.